The van der Waals surface area contributed by atoms with E-state index in [2.05, 4.69) is 97.3 Å². The molecule has 0 spiro atoms. The average molecular weight is 415 g/mol. The molecule has 0 amide bonds. The monoisotopic (exact) mass is 415 g/mol. The van der Waals surface area contributed by atoms with Gasteiger partial charge in [-0.05, 0) is 74.1 Å². The zero-order chi connectivity index (χ0) is 24.2. The third-order valence-corrected chi connectivity index (χ3v) is 5.01. The summed E-state index contributed by atoms with van der Waals surface area (Å²) in [5.74, 6) is 0.934. The van der Waals surface area contributed by atoms with Crippen LogP contribution >= 0.6 is 0 Å². The van der Waals surface area contributed by atoms with Crippen molar-refractivity contribution in [3.63, 3.8) is 0 Å². The van der Waals surface area contributed by atoms with Gasteiger partial charge in [0.1, 0.15) is 7.28 Å². The molecule has 3 atom stereocenters. The maximum Gasteiger partial charge on any atom is 0.117 e. The van der Waals surface area contributed by atoms with Crippen LogP contribution in [0.5, 0.6) is 0 Å². The van der Waals surface area contributed by atoms with E-state index in [1.165, 1.54) is 0 Å². The lowest BCUT2D eigenvalue weighted by Gasteiger charge is -2.41. The molecule has 0 aromatic carbocycles. The van der Waals surface area contributed by atoms with Crippen molar-refractivity contribution in [3.8, 4) is 0 Å². The fourth-order valence-electron chi connectivity index (χ4n) is 5.66. The van der Waals surface area contributed by atoms with E-state index in [1.807, 2.05) is 0 Å². The fourth-order valence-corrected chi connectivity index (χ4v) is 5.66. The summed E-state index contributed by atoms with van der Waals surface area (Å²) in [6.45, 7) is 27.9. The van der Waals surface area contributed by atoms with Crippen molar-refractivity contribution < 1.29 is 9.47 Å². The summed E-state index contributed by atoms with van der Waals surface area (Å²) < 4.78 is 12.9. The van der Waals surface area contributed by atoms with Gasteiger partial charge in [-0.1, -0.05) is 63.8 Å². The zero-order valence-corrected chi connectivity index (χ0v) is 22.6. The number of hydrogen-bond donors (Lipinski definition) is 0. The van der Waals surface area contributed by atoms with Gasteiger partial charge in [-0.2, -0.15) is 0 Å². The molecule has 30 heavy (non-hydrogen) atoms. The molecule has 171 valence electrons. The lowest BCUT2D eigenvalue weighted by molar-refractivity contribution is -0.132. The minimum absolute atomic E-state index is 0.191. The molecule has 0 aliphatic carbocycles. The van der Waals surface area contributed by atoms with E-state index in [0.29, 0.717) is 11.6 Å². The van der Waals surface area contributed by atoms with E-state index in [0.717, 1.165) is 25.7 Å². The average Bonchev–Trinajstić information content (AvgIpc) is 2.26. The van der Waals surface area contributed by atoms with Crippen molar-refractivity contribution in [1.82, 2.24) is 0 Å². The summed E-state index contributed by atoms with van der Waals surface area (Å²) in [4.78, 5) is 0. The summed E-state index contributed by atoms with van der Waals surface area (Å²) in [5.41, 5.74) is -0.680. The molecule has 0 saturated carbocycles. The van der Waals surface area contributed by atoms with Crippen LogP contribution in [-0.4, -0.2) is 45.9 Å². The first-order valence-corrected chi connectivity index (χ1v) is 11.8. The lowest BCUT2D eigenvalue weighted by Crippen LogP contribution is -2.40. The van der Waals surface area contributed by atoms with Crippen molar-refractivity contribution in [2.24, 2.45) is 0 Å². The largest absolute Gasteiger partial charge is 0.373 e. The molecule has 0 fully saturated rings. The van der Waals surface area contributed by atoms with E-state index in [9.17, 15) is 0 Å². The molecule has 0 aliphatic heterocycles. The van der Waals surface area contributed by atoms with Crippen molar-refractivity contribution in [3.05, 3.63) is 0 Å². The molecular weight excluding hydrogens is 365 g/mol. The third-order valence-electron chi connectivity index (χ3n) is 5.01. The van der Waals surface area contributed by atoms with Crippen molar-refractivity contribution in [2.45, 2.75) is 161 Å². The Hall–Kier alpha value is 0.115. The molecule has 0 N–H and O–H groups in total. The van der Waals surface area contributed by atoms with Gasteiger partial charge in [0.25, 0.3) is 0 Å². The second-order valence-corrected chi connectivity index (χ2v) is 13.2. The fraction of sp³-hybridized carbons (Fsp3) is 1.00. The SMILES string of the molecule is [B]C(C)(C)CC(C)(C)OC(C)CC(C)[B]C(C)CC(C)(C)OC(C)(C)CC([B])(C)C. The summed E-state index contributed by atoms with van der Waals surface area (Å²) in [7, 11) is 14.9. The Morgan fingerprint density at radius 1 is 0.667 bits per heavy atom. The van der Waals surface area contributed by atoms with Crippen molar-refractivity contribution >= 4 is 23.0 Å². The molecule has 3 unspecified atom stereocenters. The van der Waals surface area contributed by atoms with Gasteiger partial charge in [0.2, 0.25) is 0 Å². The Kier molecular flexibility index (Phi) is 10.9. The molecule has 5 radical (unpaired) electrons. The second-order valence-electron chi connectivity index (χ2n) is 13.2. The molecule has 0 bridgehead atoms. The highest BCUT2D eigenvalue weighted by Crippen LogP contribution is 2.38. The maximum absolute atomic E-state index is 6.51. The quantitative estimate of drug-likeness (QED) is 0.276. The Bertz CT molecular complexity index is 502. The van der Waals surface area contributed by atoms with Crippen LogP contribution in [0, 0.1) is 0 Å². The first-order chi connectivity index (χ1) is 13.0. The standard InChI is InChI=1S/C25H50B3O2/c1-18(14-20(3)29-24(10,11)16-21(4,5)26)28-19(2)15-23(8,9)30-25(12,13)17-22(6,7)27/h18-20H,14-17H2,1-13H3. The molecular formula is C25H50B3O2. The van der Waals surface area contributed by atoms with Crippen LogP contribution in [0.15, 0.2) is 0 Å². The first kappa shape index (κ1) is 30.1. The highest BCUT2D eigenvalue weighted by Gasteiger charge is 2.34. The van der Waals surface area contributed by atoms with E-state index in [4.69, 9.17) is 25.2 Å². The van der Waals surface area contributed by atoms with Gasteiger partial charge >= 0.3 is 0 Å². The maximum atomic E-state index is 6.51. The van der Waals surface area contributed by atoms with Crippen molar-refractivity contribution in [1.29, 1.82) is 0 Å². The normalized spacial score (nSPS) is 17.5. The van der Waals surface area contributed by atoms with Gasteiger partial charge in [-0.3, -0.25) is 0 Å². The van der Waals surface area contributed by atoms with E-state index >= 15 is 0 Å². The molecule has 0 heterocycles. The van der Waals surface area contributed by atoms with Crippen LogP contribution in [0.2, 0.25) is 22.3 Å². The van der Waals surface area contributed by atoms with Gasteiger partial charge in [-0.15, -0.1) is 0 Å². The Labute approximate surface area is 193 Å². The minimum Gasteiger partial charge on any atom is -0.373 e. The Morgan fingerprint density at radius 2 is 1.10 bits per heavy atom. The summed E-state index contributed by atoms with van der Waals surface area (Å²) in [6, 6.07) is 0. The summed E-state index contributed by atoms with van der Waals surface area (Å²) >= 11 is 0. The molecule has 0 aromatic heterocycles. The summed E-state index contributed by atoms with van der Waals surface area (Å²) in [5, 5.41) is -0.469. The first-order valence-electron chi connectivity index (χ1n) is 11.8. The van der Waals surface area contributed by atoms with Crippen LogP contribution in [0.1, 0.15) is 116 Å². The van der Waals surface area contributed by atoms with Crippen molar-refractivity contribution in [2.75, 3.05) is 0 Å². The highest BCUT2D eigenvalue weighted by atomic mass is 16.5. The Morgan fingerprint density at radius 3 is 1.53 bits per heavy atom. The molecule has 0 aromatic rings. The molecule has 5 heteroatoms. The number of rotatable bonds is 14. The van der Waals surface area contributed by atoms with Gasteiger partial charge in [0.05, 0.1) is 38.6 Å². The minimum atomic E-state index is -0.252. The van der Waals surface area contributed by atoms with Crippen LogP contribution < -0.4 is 0 Å². The van der Waals surface area contributed by atoms with Crippen LogP contribution in [0.3, 0.4) is 0 Å². The second kappa shape index (κ2) is 10.8. The highest BCUT2D eigenvalue weighted by molar-refractivity contribution is 6.39. The molecule has 0 aliphatic rings. The third kappa shape index (κ3) is 15.8. The van der Waals surface area contributed by atoms with Gasteiger partial charge in [-0.25, -0.2) is 0 Å². The number of hydrogen-bond acceptors (Lipinski definition) is 2. The summed E-state index contributed by atoms with van der Waals surface area (Å²) in [6.07, 6.45) is 3.83. The lowest BCUT2D eigenvalue weighted by atomic mass is 9.53. The van der Waals surface area contributed by atoms with Gasteiger partial charge in [0.15, 0.2) is 0 Å². The van der Waals surface area contributed by atoms with Gasteiger partial charge in [0, 0.05) is 0 Å². The smallest absolute Gasteiger partial charge is 0.117 e. The molecule has 2 nitrogen and oxygen atoms in total. The Balaban J connectivity index is 4.63. The topological polar surface area (TPSA) is 18.5 Å². The van der Waals surface area contributed by atoms with Crippen LogP contribution in [-0.2, 0) is 9.47 Å². The van der Waals surface area contributed by atoms with E-state index < -0.39 is 0 Å². The van der Waals surface area contributed by atoms with E-state index in [1.54, 1.807) is 0 Å². The van der Waals surface area contributed by atoms with E-state index in [-0.39, 0.29) is 33.5 Å². The zero-order valence-electron chi connectivity index (χ0n) is 22.6. The van der Waals surface area contributed by atoms with Gasteiger partial charge < -0.3 is 9.47 Å². The van der Waals surface area contributed by atoms with Crippen LogP contribution in [0.25, 0.3) is 0 Å². The number of ether oxygens (including phenoxy) is 2. The predicted octanol–water partition coefficient (Wildman–Crippen LogP) is 7.36. The van der Waals surface area contributed by atoms with Crippen LogP contribution in [0.4, 0.5) is 0 Å². The molecule has 0 rings (SSSR count). The molecule has 0 saturated heterocycles. The predicted molar refractivity (Wildman–Crippen MR) is 137 cm³/mol.